The molecule has 0 aromatic carbocycles. The van der Waals surface area contributed by atoms with Gasteiger partial charge in [-0.05, 0) is 128 Å². The molecule has 5 rings (SSSR count). The van der Waals surface area contributed by atoms with Crippen LogP contribution in [-0.2, 0) is 23.9 Å². The molecule has 0 unspecified atom stereocenters. The molecule has 43 heavy (non-hydrogen) atoms. The molecular weight excluding hydrogens is 562 g/mol. The monoisotopic (exact) mass is 621 g/mol. The van der Waals surface area contributed by atoms with Crippen molar-refractivity contribution in [3.63, 3.8) is 0 Å². The molecule has 7 nitrogen and oxygen atoms in total. The molecule has 5 fully saturated rings. The van der Waals surface area contributed by atoms with E-state index in [2.05, 4.69) is 53.8 Å². The summed E-state index contributed by atoms with van der Waals surface area (Å²) in [6, 6.07) is 0. The number of rotatable bonds is 8. The topological polar surface area (TPSA) is 110 Å². The predicted octanol–water partition coefficient (Wildman–Crippen LogP) is 7.05. The lowest BCUT2D eigenvalue weighted by Crippen LogP contribution is -2.67. The van der Waals surface area contributed by atoms with E-state index in [4.69, 9.17) is 4.18 Å². The van der Waals surface area contributed by atoms with E-state index in [1.807, 2.05) is 6.92 Å². The summed E-state index contributed by atoms with van der Waals surface area (Å²) in [5.41, 5.74) is -0.345. The number of aliphatic carboxylic acids is 1. The van der Waals surface area contributed by atoms with Crippen LogP contribution in [0.5, 0.6) is 0 Å². The van der Waals surface area contributed by atoms with Crippen LogP contribution >= 0.6 is 0 Å². The second-order valence-electron chi connectivity index (χ2n) is 17.1. The van der Waals surface area contributed by atoms with Gasteiger partial charge in [0.1, 0.15) is 6.54 Å². The van der Waals surface area contributed by atoms with Gasteiger partial charge in [-0.1, -0.05) is 55.4 Å². The number of fused-ring (bicyclic) bond motifs is 7. The Kier molecular flexibility index (Phi) is 8.49. The summed E-state index contributed by atoms with van der Waals surface area (Å²) < 4.78 is 31.4. The van der Waals surface area contributed by atoms with Crippen LogP contribution in [0.3, 0.4) is 0 Å². The van der Waals surface area contributed by atoms with Gasteiger partial charge >= 0.3 is 5.97 Å². The van der Waals surface area contributed by atoms with Crippen molar-refractivity contribution in [3.05, 3.63) is 0 Å². The first kappa shape index (κ1) is 33.2. The minimum atomic E-state index is -3.53. The first-order chi connectivity index (χ1) is 19.9. The van der Waals surface area contributed by atoms with Gasteiger partial charge in [0.05, 0.1) is 17.3 Å². The fourth-order valence-electron chi connectivity index (χ4n) is 12.7. The molecule has 0 saturated heterocycles. The van der Waals surface area contributed by atoms with Crippen LogP contribution in [0.1, 0.15) is 126 Å². The van der Waals surface area contributed by atoms with Gasteiger partial charge in [-0.25, -0.2) is 0 Å². The first-order valence-corrected chi connectivity index (χ1v) is 18.9. The zero-order valence-electron chi connectivity index (χ0n) is 28.1. The van der Waals surface area contributed by atoms with Gasteiger partial charge in [0, 0.05) is 0 Å². The number of hydrogen-bond acceptors (Lipinski definition) is 5. The Bertz CT molecular complexity index is 1210. The molecule has 5 aliphatic carbocycles. The number of carbonyl (C=O) groups excluding carboxylic acids is 1. The van der Waals surface area contributed by atoms with Crippen LogP contribution in [0, 0.1) is 62.6 Å². The van der Waals surface area contributed by atoms with Crippen molar-refractivity contribution >= 4 is 22.0 Å². The van der Waals surface area contributed by atoms with Crippen LogP contribution in [-0.4, -0.2) is 43.8 Å². The smallest absolute Gasteiger partial charge is 0.322 e. The Morgan fingerprint density at radius 1 is 0.884 bits per heavy atom. The normalized spacial score (nSPS) is 45.4. The average Bonchev–Trinajstić information content (AvgIpc) is 3.30. The van der Waals surface area contributed by atoms with E-state index in [0.717, 1.165) is 64.2 Å². The van der Waals surface area contributed by atoms with Gasteiger partial charge in [-0.15, -0.1) is 0 Å². The maximum atomic E-state index is 13.9. The van der Waals surface area contributed by atoms with Gasteiger partial charge in [-0.3, -0.25) is 13.8 Å². The minimum absolute atomic E-state index is 0.0221. The second kappa shape index (κ2) is 11.0. The molecule has 2 N–H and O–H groups in total. The Morgan fingerprint density at radius 3 is 2.21 bits per heavy atom. The third-order valence-corrected chi connectivity index (χ3v) is 16.3. The summed E-state index contributed by atoms with van der Waals surface area (Å²) in [7, 11) is -3.53. The lowest BCUT2D eigenvalue weighted by molar-refractivity contribution is -0.246. The number of nitrogens with one attached hydrogen (secondary N) is 1. The van der Waals surface area contributed by atoms with Crippen LogP contribution in [0.4, 0.5) is 0 Å². The second-order valence-corrected chi connectivity index (χ2v) is 18.8. The molecule has 1 amide bonds. The summed E-state index contributed by atoms with van der Waals surface area (Å²) in [6.45, 7) is 18.4. The van der Waals surface area contributed by atoms with Crippen molar-refractivity contribution in [1.82, 2.24) is 5.32 Å². The Hall–Kier alpha value is -1.15. The van der Waals surface area contributed by atoms with E-state index in [-0.39, 0.29) is 51.9 Å². The van der Waals surface area contributed by atoms with Crippen molar-refractivity contribution in [3.8, 4) is 0 Å². The fraction of sp³-hybridized carbons (Fsp3) is 0.943. The Labute approximate surface area is 261 Å². The van der Waals surface area contributed by atoms with E-state index in [9.17, 15) is 23.1 Å². The molecule has 0 aliphatic heterocycles. The summed E-state index contributed by atoms with van der Waals surface area (Å²) >= 11 is 0. The van der Waals surface area contributed by atoms with Gasteiger partial charge in [0.25, 0.3) is 10.1 Å². The van der Waals surface area contributed by atoms with Crippen LogP contribution < -0.4 is 5.32 Å². The highest BCUT2D eigenvalue weighted by molar-refractivity contribution is 7.86. The van der Waals surface area contributed by atoms with Crippen molar-refractivity contribution in [2.24, 2.45) is 62.6 Å². The molecule has 10 atom stereocenters. The molecular formula is C35H59NO6S. The molecule has 8 heteroatoms. The molecule has 0 heterocycles. The highest BCUT2D eigenvalue weighted by atomic mass is 32.2. The van der Waals surface area contributed by atoms with E-state index in [0.29, 0.717) is 36.0 Å². The minimum Gasteiger partial charge on any atom is -0.480 e. The first-order valence-electron chi connectivity index (χ1n) is 17.3. The summed E-state index contributed by atoms with van der Waals surface area (Å²) in [5.74, 6) is 1.70. The highest BCUT2D eigenvalue weighted by Gasteiger charge is 2.72. The van der Waals surface area contributed by atoms with Gasteiger partial charge in [0.15, 0.2) is 0 Å². The standard InChI is InChI=1S/C35H59NO6S/c1-9-20-43(40,41)42-27-14-15-32(6)25(31(27,4)5)13-16-34(8)26(32)11-10-24-29-23(22(2)3)12-17-35(29,19-18-33(24,34)7)30(39)36-21-28(37)38/h22-27,29H,9-21H2,1-8H3,(H,36,39)(H,37,38)/t23-,24+,25-,26+,27+,29+,32-,33+,34+,35-/m0/s1. The number of carboxylic acids is 1. The van der Waals surface area contributed by atoms with Crippen molar-refractivity contribution in [1.29, 1.82) is 0 Å². The largest absolute Gasteiger partial charge is 0.480 e. The van der Waals surface area contributed by atoms with Crippen molar-refractivity contribution in [2.45, 2.75) is 132 Å². The third-order valence-electron chi connectivity index (χ3n) is 14.8. The lowest BCUT2D eigenvalue weighted by atomic mass is 9.32. The van der Waals surface area contributed by atoms with Crippen molar-refractivity contribution in [2.75, 3.05) is 12.3 Å². The van der Waals surface area contributed by atoms with E-state index in [1.165, 1.54) is 0 Å². The average molecular weight is 622 g/mol. The molecule has 5 saturated carbocycles. The summed E-state index contributed by atoms with van der Waals surface area (Å²) in [5, 5.41) is 12.2. The van der Waals surface area contributed by atoms with Crippen molar-refractivity contribution < 1.29 is 27.3 Å². The fourth-order valence-corrected chi connectivity index (χ4v) is 14.0. The number of carboxylic acid groups (broad SMARTS) is 1. The molecule has 0 radical (unpaired) electrons. The molecule has 0 bridgehead atoms. The van der Waals surface area contributed by atoms with Gasteiger partial charge in [0.2, 0.25) is 5.91 Å². The van der Waals surface area contributed by atoms with E-state index >= 15 is 0 Å². The quantitative estimate of drug-likeness (QED) is 0.281. The SMILES string of the molecule is CCCS(=O)(=O)O[C@@H]1CC[C@]2(C)[C@H]3CC[C@@H]4[C@H]5[C@H](C(C)C)CC[C@]5(C(=O)NCC(=O)O)CC[C@@]4(C)[C@]3(C)CC[C@H]2C1(C)C. The van der Waals surface area contributed by atoms with Crippen LogP contribution in [0.25, 0.3) is 0 Å². The zero-order valence-corrected chi connectivity index (χ0v) is 28.9. The van der Waals surface area contributed by atoms with Crippen LogP contribution in [0.2, 0.25) is 0 Å². The third kappa shape index (κ3) is 4.93. The predicted molar refractivity (Wildman–Crippen MR) is 169 cm³/mol. The Balaban J connectivity index is 1.47. The maximum absolute atomic E-state index is 13.9. The molecule has 5 aliphatic rings. The molecule has 0 aromatic rings. The van der Waals surface area contributed by atoms with Gasteiger partial charge < -0.3 is 10.4 Å². The number of amides is 1. The molecule has 246 valence electrons. The van der Waals surface area contributed by atoms with Crippen LogP contribution in [0.15, 0.2) is 0 Å². The lowest BCUT2D eigenvalue weighted by Gasteiger charge is -2.73. The Morgan fingerprint density at radius 2 is 1.58 bits per heavy atom. The van der Waals surface area contributed by atoms with E-state index in [1.54, 1.807) is 0 Å². The molecule has 0 spiro atoms. The molecule has 0 aromatic heterocycles. The zero-order chi connectivity index (χ0) is 31.8. The number of hydrogen-bond donors (Lipinski definition) is 2. The number of carbonyl (C=O) groups is 2. The van der Waals surface area contributed by atoms with E-state index < -0.39 is 21.5 Å². The highest BCUT2D eigenvalue weighted by Crippen LogP contribution is 2.77. The summed E-state index contributed by atoms with van der Waals surface area (Å²) in [6.07, 6.45) is 10.3. The van der Waals surface area contributed by atoms with Gasteiger partial charge in [-0.2, -0.15) is 8.42 Å². The summed E-state index contributed by atoms with van der Waals surface area (Å²) in [4.78, 5) is 25.3. The maximum Gasteiger partial charge on any atom is 0.322 e.